The number of nitrogen functional groups attached to an aromatic ring is 1. The molecule has 1 amide bonds. The molecule has 2 aromatic heterocycles. The quantitative estimate of drug-likeness (QED) is 0.788. The number of carbonyl (C=O) groups excluding carboxylic acids is 2. The first-order valence-corrected chi connectivity index (χ1v) is 8.91. The number of fused-ring (bicyclic) bond motifs is 1. The number of nitrogens with two attached hydrogens (primary N) is 1. The van der Waals surface area contributed by atoms with Crippen LogP contribution in [0.15, 0.2) is 12.1 Å². The fourth-order valence-electron chi connectivity index (χ4n) is 3.10. The molecule has 1 aliphatic carbocycles. The zero-order chi connectivity index (χ0) is 20.0. The average Bonchev–Trinajstić information content (AvgIpc) is 3.12. The summed E-state index contributed by atoms with van der Waals surface area (Å²) in [4.78, 5) is 29.0. The molecule has 27 heavy (non-hydrogen) atoms. The van der Waals surface area contributed by atoms with Crippen LogP contribution in [0.25, 0.3) is 11.0 Å². The number of hydrogen-bond acceptors (Lipinski definition) is 7. The molecule has 0 radical (unpaired) electrons. The summed E-state index contributed by atoms with van der Waals surface area (Å²) in [5.74, 6) is 0.242. The van der Waals surface area contributed by atoms with E-state index in [1.165, 1.54) is 4.68 Å². The summed E-state index contributed by atoms with van der Waals surface area (Å²) in [6.45, 7) is 9.31. The van der Waals surface area contributed by atoms with Crippen molar-refractivity contribution in [2.24, 2.45) is 5.92 Å². The maximum Gasteiger partial charge on any atom is 0.413 e. The summed E-state index contributed by atoms with van der Waals surface area (Å²) in [5, 5.41) is 7.54. The molecule has 0 saturated heterocycles. The van der Waals surface area contributed by atoms with Crippen molar-refractivity contribution < 1.29 is 19.1 Å². The summed E-state index contributed by atoms with van der Waals surface area (Å²) >= 11 is 0. The molecule has 0 aliphatic heterocycles. The smallest absolute Gasteiger partial charge is 0.413 e. The van der Waals surface area contributed by atoms with Gasteiger partial charge in [0.1, 0.15) is 11.4 Å². The topological polar surface area (TPSA) is 121 Å². The minimum absolute atomic E-state index is 0.0447. The molecule has 0 spiro atoms. The van der Waals surface area contributed by atoms with Gasteiger partial charge in [0.05, 0.1) is 12.0 Å². The number of esters is 1. The molecule has 3 N–H and O–H groups in total. The minimum atomic E-state index is -0.913. The van der Waals surface area contributed by atoms with Crippen LogP contribution in [0, 0.1) is 5.92 Å². The molecule has 2 heterocycles. The van der Waals surface area contributed by atoms with Gasteiger partial charge in [-0.2, -0.15) is 5.10 Å². The molecule has 1 fully saturated rings. The van der Waals surface area contributed by atoms with E-state index in [1.807, 2.05) is 6.92 Å². The van der Waals surface area contributed by atoms with Gasteiger partial charge in [-0.25, -0.2) is 19.3 Å². The molecule has 1 saturated carbocycles. The number of ether oxygens (including phenoxy) is 2. The van der Waals surface area contributed by atoms with Crippen LogP contribution in [0.4, 0.5) is 16.4 Å². The van der Waals surface area contributed by atoms with Crippen molar-refractivity contribution in [1.29, 1.82) is 0 Å². The second-order valence-corrected chi connectivity index (χ2v) is 7.74. The van der Waals surface area contributed by atoms with Crippen molar-refractivity contribution in [3.05, 3.63) is 12.1 Å². The highest BCUT2D eigenvalue weighted by Gasteiger charge is 2.62. The van der Waals surface area contributed by atoms with Crippen molar-refractivity contribution in [1.82, 2.24) is 14.8 Å². The molecule has 2 atom stereocenters. The Morgan fingerprint density at radius 2 is 2.07 bits per heavy atom. The Balaban J connectivity index is 1.98. The Morgan fingerprint density at radius 3 is 2.63 bits per heavy atom. The molecule has 0 bridgehead atoms. The largest absolute Gasteiger partial charge is 0.464 e. The van der Waals surface area contributed by atoms with Crippen LogP contribution in [0.2, 0.25) is 0 Å². The predicted octanol–water partition coefficient (Wildman–Crippen LogP) is 2.66. The van der Waals surface area contributed by atoms with Gasteiger partial charge >= 0.3 is 12.1 Å². The van der Waals surface area contributed by atoms with Crippen molar-refractivity contribution in [2.75, 3.05) is 17.7 Å². The number of anilines is 2. The molecule has 146 valence electrons. The van der Waals surface area contributed by atoms with Gasteiger partial charge in [0.2, 0.25) is 0 Å². The van der Waals surface area contributed by atoms with Crippen LogP contribution in [-0.2, 0) is 19.8 Å². The third kappa shape index (κ3) is 3.41. The number of amides is 1. The van der Waals surface area contributed by atoms with Crippen molar-refractivity contribution in [3.8, 4) is 0 Å². The lowest BCUT2D eigenvalue weighted by atomic mass is 10.2. The van der Waals surface area contributed by atoms with E-state index < -0.39 is 17.2 Å². The van der Waals surface area contributed by atoms with Crippen LogP contribution in [0.1, 0.15) is 41.0 Å². The second-order valence-electron chi connectivity index (χ2n) is 7.74. The second kappa shape index (κ2) is 6.40. The highest BCUT2D eigenvalue weighted by Crippen LogP contribution is 2.52. The number of nitrogens with one attached hydrogen (secondary N) is 1. The predicted molar refractivity (Wildman–Crippen MR) is 100 cm³/mol. The van der Waals surface area contributed by atoms with Crippen LogP contribution in [0.5, 0.6) is 0 Å². The van der Waals surface area contributed by atoms with Gasteiger partial charge in [-0.05, 0) is 52.2 Å². The van der Waals surface area contributed by atoms with Crippen LogP contribution < -0.4 is 11.1 Å². The molecule has 0 unspecified atom stereocenters. The Morgan fingerprint density at radius 1 is 1.41 bits per heavy atom. The minimum Gasteiger partial charge on any atom is -0.464 e. The van der Waals surface area contributed by atoms with E-state index in [-0.39, 0.29) is 30.1 Å². The van der Waals surface area contributed by atoms with Crippen LogP contribution >= 0.6 is 0 Å². The van der Waals surface area contributed by atoms with Crippen molar-refractivity contribution in [3.63, 3.8) is 0 Å². The number of aromatic nitrogens is 3. The summed E-state index contributed by atoms with van der Waals surface area (Å²) in [6.07, 6.45) is -0.0266. The van der Waals surface area contributed by atoms with E-state index in [2.05, 4.69) is 15.4 Å². The normalized spacial score (nSPS) is 21.7. The fourth-order valence-corrected chi connectivity index (χ4v) is 3.10. The van der Waals surface area contributed by atoms with E-state index in [9.17, 15) is 9.59 Å². The van der Waals surface area contributed by atoms with Gasteiger partial charge in [-0.15, -0.1) is 0 Å². The third-order valence-electron chi connectivity index (χ3n) is 4.47. The van der Waals surface area contributed by atoms with E-state index >= 15 is 0 Å². The summed E-state index contributed by atoms with van der Waals surface area (Å²) < 4.78 is 12.0. The van der Waals surface area contributed by atoms with Crippen molar-refractivity contribution >= 4 is 34.7 Å². The standard InChI is InChI=1S/C18H25N5O4/c1-6-26-15(24)18(9-10(18)2)23-14-11(13(19)22-23)7-8-12(20-14)21-16(25)27-17(3,4)5/h7-8,10H,6,9H2,1-5H3,(H2,19,22)(H,20,21,25)/t10-,18-/m0/s1. The molecule has 3 rings (SSSR count). The molecule has 1 aliphatic rings. The maximum absolute atomic E-state index is 12.6. The third-order valence-corrected chi connectivity index (χ3v) is 4.47. The highest BCUT2D eigenvalue weighted by atomic mass is 16.6. The van der Waals surface area contributed by atoms with Gasteiger partial charge in [0.25, 0.3) is 0 Å². The van der Waals surface area contributed by atoms with Gasteiger partial charge in [-0.3, -0.25) is 5.32 Å². The Kier molecular flexibility index (Phi) is 4.49. The molecule has 0 aromatic carbocycles. The molecular formula is C18H25N5O4. The number of carbonyl (C=O) groups is 2. The van der Waals surface area contributed by atoms with Crippen molar-refractivity contribution in [2.45, 2.75) is 52.2 Å². The number of nitrogens with zero attached hydrogens (tertiary/aromatic N) is 3. The molecule has 9 nitrogen and oxygen atoms in total. The summed E-state index contributed by atoms with van der Waals surface area (Å²) in [6, 6.07) is 3.32. The molecular weight excluding hydrogens is 350 g/mol. The zero-order valence-corrected chi connectivity index (χ0v) is 16.2. The Hall–Kier alpha value is -2.84. The van der Waals surface area contributed by atoms with E-state index in [4.69, 9.17) is 15.2 Å². The van der Waals surface area contributed by atoms with Gasteiger partial charge in [-0.1, -0.05) is 6.92 Å². The van der Waals surface area contributed by atoms with Crippen LogP contribution in [0.3, 0.4) is 0 Å². The maximum atomic E-state index is 12.6. The lowest BCUT2D eigenvalue weighted by Crippen LogP contribution is -2.33. The summed E-state index contributed by atoms with van der Waals surface area (Å²) in [7, 11) is 0. The lowest BCUT2D eigenvalue weighted by molar-refractivity contribution is -0.149. The summed E-state index contributed by atoms with van der Waals surface area (Å²) in [5.41, 5.74) is 4.89. The number of pyridine rings is 1. The van der Waals surface area contributed by atoms with Crippen LogP contribution in [-0.4, -0.2) is 39.0 Å². The lowest BCUT2D eigenvalue weighted by Gasteiger charge is -2.19. The Bertz CT molecular complexity index is 901. The first-order chi connectivity index (χ1) is 12.6. The van der Waals surface area contributed by atoms with E-state index in [1.54, 1.807) is 39.8 Å². The molecule has 9 heteroatoms. The average molecular weight is 375 g/mol. The fraction of sp³-hybridized carbons (Fsp3) is 0.556. The van der Waals surface area contributed by atoms with Gasteiger partial charge in [0.15, 0.2) is 17.0 Å². The van der Waals surface area contributed by atoms with Gasteiger partial charge < -0.3 is 15.2 Å². The van der Waals surface area contributed by atoms with E-state index in [0.29, 0.717) is 17.5 Å². The van der Waals surface area contributed by atoms with Gasteiger partial charge in [0, 0.05) is 0 Å². The number of hydrogen-bond donors (Lipinski definition) is 2. The SMILES string of the molecule is CCOC(=O)[C@]1(n2nc(N)c3ccc(NC(=O)OC(C)(C)C)nc32)C[C@@H]1C. The first-order valence-electron chi connectivity index (χ1n) is 8.91. The first kappa shape index (κ1) is 18.9. The molecule has 2 aromatic rings. The zero-order valence-electron chi connectivity index (χ0n) is 16.2. The highest BCUT2D eigenvalue weighted by molar-refractivity contribution is 5.92. The monoisotopic (exact) mass is 375 g/mol. The van der Waals surface area contributed by atoms with E-state index in [0.717, 1.165) is 0 Å². The Labute approximate surface area is 157 Å². The number of rotatable bonds is 4.